The first kappa shape index (κ1) is 26.5. The minimum Gasteiger partial charge on any atom is -0.339 e. The molecule has 7 fully saturated rings. The average Bonchev–Trinajstić information content (AvgIpc) is 3.47. The van der Waals surface area contributed by atoms with Crippen molar-refractivity contribution in [3.63, 3.8) is 0 Å². The molecule has 7 aliphatic rings. The summed E-state index contributed by atoms with van der Waals surface area (Å²) in [6.45, 7) is 6.97. The van der Waals surface area contributed by atoms with Crippen LogP contribution < -0.4 is 4.90 Å². The highest BCUT2D eigenvalue weighted by Gasteiger charge is 2.60. The Morgan fingerprint density at radius 3 is 2.31 bits per heavy atom. The van der Waals surface area contributed by atoms with Crippen LogP contribution >= 0.6 is 0 Å². The number of hydrogen-bond donors (Lipinski definition) is 0. The summed E-state index contributed by atoms with van der Waals surface area (Å²) in [5.41, 5.74) is 0.480. The first-order chi connectivity index (χ1) is 20.1. The van der Waals surface area contributed by atoms with Gasteiger partial charge in [-0.15, -0.1) is 0 Å². The summed E-state index contributed by atoms with van der Waals surface area (Å²) >= 11 is 0. The summed E-state index contributed by atoms with van der Waals surface area (Å²) in [4.78, 5) is 25.8. The Labute approximate surface area is 245 Å². The highest BCUT2D eigenvalue weighted by molar-refractivity contribution is 5.96. The average molecular weight is 574 g/mol. The fraction of sp³-hybridized carbons (Fsp3) is 0.667. The fourth-order valence-corrected chi connectivity index (χ4v) is 8.32. The number of nitrogens with zero attached hydrogens (tertiary/aromatic N) is 5. The Balaban J connectivity index is 1.07. The molecule has 3 aromatic rings. The molecule has 4 bridgehead atoms. The van der Waals surface area contributed by atoms with E-state index >= 15 is 0 Å². The zero-order valence-electron chi connectivity index (χ0n) is 24.9. The van der Waals surface area contributed by atoms with Gasteiger partial charge in [0.25, 0.3) is 0 Å². The molecule has 222 valence electrons. The van der Waals surface area contributed by atoms with Crippen LogP contribution in [0.5, 0.6) is 0 Å². The second kappa shape index (κ2) is 8.96. The first-order valence-corrected chi connectivity index (χ1v) is 15.9. The molecule has 1 atom stereocenters. The Hall–Kier alpha value is -3.10. The van der Waals surface area contributed by atoms with Crippen molar-refractivity contribution in [2.24, 2.45) is 17.3 Å². The molecule has 2 aromatic heterocycles. The molecule has 0 spiro atoms. The molecule has 1 aromatic carbocycles. The molecule has 0 radical (unpaired) electrons. The van der Waals surface area contributed by atoms with E-state index in [1.54, 1.807) is 0 Å². The van der Waals surface area contributed by atoms with E-state index in [-0.39, 0.29) is 39.9 Å². The molecule has 8 nitrogen and oxygen atoms in total. The van der Waals surface area contributed by atoms with E-state index in [2.05, 4.69) is 31.1 Å². The van der Waals surface area contributed by atoms with Crippen LogP contribution in [0.15, 0.2) is 33.3 Å². The third-order valence-corrected chi connectivity index (χ3v) is 11.7. The molecule has 9 heteroatoms. The van der Waals surface area contributed by atoms with Crippen LogP contribution in [0.3, 0.4) is 0 Å². The van der Waals surface area contributed by atoms with Gasteiger partial charge in [0, 0.05) is 40.5 Å². The van der Waals surface area contributed by atoms with Crippen molar-refractivity contribution in [1.82, 2.24) is 20.3 Å². The van der Waals surface area contributed by atoms with E-state index in [4.69, 9.17) is 19.0 Å². The number of halogens is 1. The summed E-state index contributed by atoms with van der Waals surface area (Å²) in [6, 6.07) is 7.97. The third kappa shape index (κ3) is 4.16. The van der Waals surface area contributed by atoms with Crippen molar-refractivity contribution in [3.05, 3.63) is 41.9 Å². The Morgan fingerprint density at radius 1 is 0.976 bits per heavy atom. The van der Waals surface area contributed by atoms with Gasteiger partial charge in [0.1, 0.15) is 5.67 Å². The smallest absolute Gasteiger partial charge is 0.232 e. The maximum atomic E-state index is 15.0. The van der Waals surface area contributed by atoms with E-state index in [0.29, 0.717) is 37.5 Å². The Bertz CT molecular complexity index is 1510. The topological polar surface area (TPSA) is 98.2 Å². The van der Waals surface area contributed by atoms with E-state index in [1.165, 1.54) is 0 Å². The van der Waals surface area contributed by atoms with Crippen molar-refractivity contribution in [2.75, 3.05) is 11.4 Å². The van der Waals surface area contributed by atoms with Gasteiger partial charge in [-0.3, -0.25) is 4.79 Å². The summed E-state index contributed by atoms with van der Waals surface area (Å²) in [5, 5.41) is 8.54. The monoisotopic (exact) mass is 573 g/mol. The molecule has 7 saturated carbocycles. The summed E-state index contributed by atoms with van der Waals surface area (Å²) < 4.78 is 26.4. The molecule has 1 unspecified atom stereocenters. The van der Waals surface area contributed by atoms with E-state index < -0.39 is 5.67 Å². The predicted octanol–water partition coefficient (Wildman–Crippen LogP) is 7.06. The van der Waals surface area contributed by atoms with Gasteiger partial charge in [-0.05, 0) is 94.1 Å². The van der Waals surface area contributed by atoms with Crippen molar-refractivity contribution in [3.8, 4) is 11.4 Å². The Morgan fingerprint density at radius 2 is 1.69 bits per heavy atom. The van der Waals surface area contributed by atoms with Crippen LogP contribution in [0.4, 0.5) is 10.1 Å². The number of hydrogen-bond acceptors (Lipinski definition) is 7. The number of rotatable bonds is 8. The molecule has 42 heavy (non-hydrogen) atoms. The van der Waals surface area contributed by atoms with Crippen LogP contribution in [-0.2, 0) is 15.6 Å². The van der Waals surface area contributed by atoms with Gasteiger partial charge in [-0.1, -0.05) is 43.2 Å². The van der Waals surface area contributed by atoms with Crippen LogP contribution in [-0.4, -0.2) is 38.4 Å². The van der Waals surface area contributed by atoms with Gasteiger partial charge in [0.15, 0.2) is 5.82 Å². The summed E-state index contributed by atoms with van der Waals surface area (Å²) in [6.07, 6.45) is 9.49. The van der Waals surface area contributed by atoms with Crippen LogP contribution in [0.25, 0.3) is 11.4 Å². The molecule has 0 aliphatic heterocycles. The van der Waals surface area contributed by atoms with Gasteiger partial charge < -0.3 is 13.9 Å². The quantitative estimate of drug-likeness (QED) is 0.285. The zero-order valence-corrected chi connectivity index (χ0v) is 24.9. The van der Waals surface area contributed by atoms with E-state index in [0.717, 1.165) is 74.3 Å². The van der Waals surface area contributed by atoms with Crippen molar-refractivity contribution >= 4 is 11.6 Å². The van der Waals surface area contributed by atoms with Gasteiger partial charge in [0.05, 0.1) is 0 Å². The third-order valence-electron chi connectivity index (χ3n) is 11.7. The normalized spacial score (nSPS) is 34.0. The number of aromatic nitrogens is 4. The lowest BCUT2D eigenvalue weighted by atomic mass is 9.53. The summed E-state index contributed by atoms with van der Waals surface area (Å²) in [5.74, 6) is 3.02. The lowest BCUT2D eigenvalue weighted by Gasteiger charge is -2.53. The second-order valence-electron chi connectivity index (χ2n) is 15.0. The first-order valence-electron chi connectivity index (χ1n) is 15.9. The SMILES string of the molecule is CC(C)c1noc(C23CCC(CN(C(=O)C4CC5(F)CC4C5)c4cccc(-c5noc(C6(C)CC6)n5)c4)(CC2)CC3)n1. The van der Waals surface area contributed by atoms with Crippen LogP contribution in [0.2, 0.25) is 0 Å². The molecule has 0 saturated heterocycles. The second-order valence-corrected chi connectivity index (χ2v) is 15.0. The number of carbonyl (C=O) groups is 1. The molecular weight excluding hydrogens is 533 g/mol. The van der Waals surface area contributed by atoms with E-state index in [9.17, 15) is 9.18 Å². The highest BCUT2D eigenvalue weighted by atomic mass is 19.1. The van der Waals surface area contributed by atoms with Gasteiger partial charge >= 0.3 is 0 Å². The minimum absolute atomic E-state index is 0.00953. The lowest BCUT2D eigenvalue weighted by Crippen LogP contribution is -2.51. The minimum atomic E-state index is -1.15. The van der Waals surface area contributed by atoms with Gasteiger partial charge in [-0.25, -0.2) is 4.39 Å². The molecule has 2 heterocycles. The van der Waals surface area contributed by atoms with Gasteiger partial charge in [-0.2, -0.15) is 9.97 Å². The van der Waals surface area contributed by atoms with Gasteiger partial charge in [0.2, 0.25) is 23.5 Å². The van der Waals surface area contributed by atoms with Crippen molar-refractivity contribution in [1.29, 1.82) is 0 Å². The maximum Gasteiger partial charge on any atom is 0.232 e. The molecule has 7 aliphatic carbocycles. The van der Waals surface area contributed by atoms with Crippen molar-refractivity contribution in [2.45, 2.75) is 114 Å². The summed E-state index contributed by atoms with van der Waals surface area (Å²) in [7, 11) is 0. The molecule has 1 amide bonds. The van der Waals surface area contributed by atoms with Crippen LogP contribution in [0.1, 0.15) is 115 Å². The number of amides is 1. The fourth-order valence-electron chi connectivity index (χ4n) is 8.32. The molecule has 0 N–H and O–H groups in total. The standard InChI is InChI=1S/C33H40FN5O3/c1-20(2)25-35-29(42-37-25)32-12-9-31(10-13-32,11-14-32)19-39(27(40)24-18-33(34)16-22(24)17-33)23-6-4-5-21(15-23)26-36-28(41-38-26)30(3)7-8-30/h4-6,15,20,22,24H,7-14,16-19H2,1-3H3. The number of benzene rings is 1. The van der Waals surface area contributed by atoms with Crippen molar-refractivity contribution < 1.29 is 18.2 Å². The largest absolute Gasteiger partial charge is 0.339 e. The predicted molar refractivity (Wildman–Crippen MR) is 154 cm³/mol. The number of fused-ring (bicyclic) bond motifs is 4. The van der Waals surface area contributed by atoms with Crippen LogP contribution in [0, 0.1) is 17.3 Å². The molecular formula is C33H40FN5O3. The maximum absolute atomic E-state index is 15.0. The number of carbonyl (C=O) groups excluding carboxylic acids is 1. The number of alkyl halides is 1. The number of anilines is 1. The van der Waals surface area contributed by atoms with E-state index in [1.807, 2.05) is 29.2 Å². The lowest BCUT2D eigenvalue weighted by molar-refractivity contribution is -0.123. The molecule has 10 rings (SSSR count). The zero-order chi connectivity index (χ0) is 28.9. The highest BCUT2D eigenvalue weighted by Crippen LogP contribution is 2.60. The Kier molecular flexibility index (Phi) is 5.66.